The fourth-order valence-electron chi connectivity index (χ4n) is 5.07. The number of benzene rings is 2. The zero-order valence-corrected chi connectivity index (χ0v) is 23.5. The number of aromatic amines is 3. The predicted octanol–water partition coefficient (Wildman–Crippen LogP) is 3.94. The van der Waals surface area contributed by atoms with E-state index in [2.05, 4.69) is 45.9 Å². The van der Waals surface area contributed by atoms with Gasteiger partial charge in [0.05, 0.1) is 5.69 Å². The molecule has 0 fully saturated rings. The Kier molecular flexibility index (Phi) is 5.75. The zero-order chi connectivity index (χ0) is 29.8. The van der Waals surface area contributed by atoms with Gasteiger partial charge in [-0.05, 0) is 38.1 Å². The minimum absolute atomic E-state index is 0.231. The first-order valence-corrected chi connectivity index (χ1v) is 13.8. The highest BCUT2D eigenvalue weighted by molar-refractivity contribution is 5.88. The summed E-state index contributed by atoms with van der Waals surface area (Å²) in [6.45, 7) is 3.97. The second-order valence-corrected chi connectivity index (χ2v) is 10.3. The van der Waals surface area contributed by atoms with Crippen molar-refractivity contribution in [2.24, 2.45) is 0 Å². The zero-order valence-electron chi connectivity index (χ0n) is 23.5. The SMILES string of the molecule is Cc1cc2nnc(C(C)OC(=O)c3cc4nnc(-c5ccc(OCc6cc7nnc(-c8ccccc8)n7[nH]6)cc5)n4[nH]3)n2[nH]1. The van der Waals surface area contributed by atoms with Gasteiger partial charge in [0, 0.05) is 35.0 Å². The van der Waals surface area contributed by atoms with Crippen LogP contribution < -0.4 is 4.74 Å². The third-order valence-electron chi connectivity index (χ3n) is 7.19. The molecule has 3 N–H and O–H groups in total. The standard InChI is InChI=1S/C29H24N12O3/c1-16-12-23-30-33-26(39(23)36-16)17(2)44-29(42)22-14-25-32-35-28(41(25)38-22)19-8-10-21(11-9-19)43-15-20-13-24-31-34-27(40(24)37-20)18-6-4-3-5-7-18/h3-14,17,36-38H,15H2,1-2H3. The number of ether oxygens (including phenoxy) is 2. The highest BCUT2D eigenvalue weighted by atomic mass is 16.5. The van der Waals surface area contributed by atoms with Gasteiger partial charge < -0.3 is 9.47 Å². The number of hydrogen-bond donors (Lipinski definition) is 3. The number of carbonyl (C=O) groups excluding carboxylic acids is 1. The number of aryl methyl sites for hydroxylation is 1. The molecular formula is C29H24N12O3. The summed E-state index contributed by atoms with van der Waals surface area (Å²) in [6, 6.07) is 22.7. The molecule has 6 aromatic heterocycles. The summed E-state index contributed by atoms with van der Waals surface area (Å²) in [5, 5.41) is 34.7. The van der Waals surface area contributed by atoms with Gasteiger partial charge in [-0.25, -0.2) is 18.3 Å². The molecular weight excluding hydrogens is 564 g/mol. The highest BCUT2D eigenvalue weighted by Gasteiger charge is 2.22. The van der Waals surface area contributed by atoms with Gasteiger partial charge >= 0.3 is 5.97 Å². The minimum Gasteiger partial charge on any atom is -0.487 e. The van der Waals surface area contributed by atoms with E-state index in [0.717, 1.165) is 28.3 Å². The van der Waals surface area contributed by atoms with Crippen molar-refractivity contribution in [1.29, 1.82) is 0 Å². The molecule has 1 atom stereocenters. The van der Waals surface area contributed by atoms with E-state index in [1.807, 2.05) is 78.2 Å². The van der Waals surface area contributed by atoms with Crippen LogP contribution in [0.4, 0.5) is 0 Å². The molecule has 2 aromatic carbocycles. The third-order valence-corrected chi connectivity index (χ3v) is 7.19. The summed E-state index contributed by atoms with van der Waals surface area (Å²) in [5.41, 5.74) is 5.60. The van der Waals surface area contributed by atoms with Gasteiger partial charge in [-0.1, -0.05) is 30.3 Å². The first-order chi connectivity index (χ1) is 21.5. The van der Waals surface area contributed by atoms with Crippen molar-refractivity contribution >= 4 is 22.9 Å². The van der Waals surface area contributed by atoms with E-state index in [1.54, 1.807) is 22.0 Å². The van der Waals surface area contributed by atoms with Crippen molar-refractivity contribution in [2.75, 3.05) is 0 Å². The van der Waals surface area contributed by atoms with E-state index in [1.165, 1.54) is 0 Å². The molecule has 15 heteroatoms. The van der Waals surface area contributed by atoms with Crippen molar-refractivity contribution in [3.63, 3.8) is 0 Å². The van der Waals surface area contributed by atoms with Gasteiger partial charge in [0.15, 0.2) is 40.5 Å². The number of fused-ring (bicyclic) bond motifs is 3. The molecule has 44 heavy (non-hydrogen) atoms. The Balaban J connectivity index is 0.952. The Hall–Kier alpha value is -6.25. The van der Waals surface area contributed by atoms with Gasteiger partial charge in [-0.2, -0.15) is 0 Å². The molecule has 8 aromatic rings. The van der Waals surface area contributed by atoms with Crippen molar-refractivity contribution in [1.82, 2.24) is 59.4 Å². The van der Waals surface area contributed by atoms with Gasteiger partial charge in [-0.3, -0.25) is 15.3 Å². The lowest BCUT2D eigenvalue weighted by Gasteiger charge is -2.10. The third kappa shape index (κ3) is 4.34. The summed E-state index contributed by atoms with van der Waals surface area (Å²) in [5.74, 6) is 1.87. The Morgan fingerprint density at radius 1 is 0.750 bits per heavy atom. The fourth-order valence-corrected chi connectivity index (χ4v) is 5.07. The van der Waals surface area contributed by atoms with Crippen LogP contribution >= 0.6 is 0 Å². The molecule has 218 valence electrons. The van der Waals surface area contributed by atoms with E-state index in [0.29, 0.717) is 40.9 Å². The van der Waals surface area contributed by atoms with E-state index in [9.17, 15) is 4.79 Å². The smallest absolute Gasteiger partial charge is 0.357 e. The number of aromatic nitrogens is 12. The van der Waals surface area contributed by atoms with Crippen LogP contribution in [-0.2, 0) is 11.3 Å². The first-order valence-electron chi connectivity index (χ1n) is 13.8. The molecule has 0 spiro atoms. The lowest BCUT2D eigenvalue weighted by molar-refractivity contribution is 0.0308. The fraction of sp³-hybridized carbons (Fsp3) is 0.138. The second-order valence-electron chi connectivity index (χ2n) is 10.3. The van der Waals surface area contributed by atoms with E-state index < -0.39 is 12.1 Å². The molecule has 0 amide bonds. The number of esters is 1. The Morgan fingerprint density at radius 2 is 1.41 bits per heavy atom. The van der Waals surface area contributed by atoms with Crippen LogP contribution in [-0.4, -0.2) is 65.4 Å². The van der Waals surface area contributed by atoms with Crippen molar-refractivity contribution in [3.8, 4) is 28.5 Å². The summed E-state index contributed by atoms with van der Waals surface area (Å²) in [6.07, 6.45) is -0.643. The van der Waals surface area contributed by atoms with E-state index in [4.69, 9.17) is 9.47 Å². The van der Waals surface area contributed by atoms with Gasteiger partial charge in [-0.15, -0.1) is 30.6 Å². The predicted molar refractivity (Wildman–Crippen MR) is 156 cm³/mol. The first kappa shape index (κ1) is 25.5. The second kappa shape index (κ2) is 9.94. The summed E-state index contributed by atoms with van der Waals surface area (Å²) < 4.78 is 16.8. The van der Waals surface area contributed by atoms with E-state index >= 15 is 0 Å². The largest absolute Gasteiger partial charge is 0.487 e. The van der Waals surface area contributed by atoms with Gasteiger partial charge in [0.2, 0.25) is 0 Å². The molecule has 15 nitrogen and oxygen atoms in total. The maximum absolute atomic E-state index is 13.0. The molecule has 6 heterocycles. The molecule has 0 saturated heterocycles. The van der Waals surface area contributed by atoms with Crippen LogP contribution in [0.1, 0.15) is 40.7 Å². The molecule has 8 rings (SSSR count). The van der Waals surface area contributed by atoms with Crippen molar-refractivity contribution < 1.29 is 14.3 Å². The molecule has 0 aliphatic heterocycles. The topological polar surface area (TPSA) is 173 Å². The average Bonchev–Trinajstić information content (AvgIpc) is 3.86. The molecule has 0 bridgehead atoms. The van der Waals surface area contributed by atoms with Crippen molar-refractivity contribution in [3.05, 3.63) is 95.7 Å². The van der Waals surface area contributed by atoms with Crippen molar-refractivity contribution in [2.45, 2.75) is 26.6 Å². The molecule has 0 aliphatic rings. The monoisotopic (exact) mass is 588 g/mol. The molecule has 0 radical (unpaired) electrons. The Labute approximate surface area is 247 Å². The molecule has 0 saturated carbocycles. The van der Waals surface area contributed by atoms with Gasteiger partial charge in [0.25, 0.3) is 0 Å². The van der Waals surface area contributed by atoms with Crippen LogP contribution in [0.15, 0.2) is 72.8 Å². The van der Waals surface area contributed by atoms with Crippen LogP contribution in [0.5, 0.6) is 5.75 Å². The number of hydrogen-bond acceptors (Lipinski definition) is 9. The summed E-state index contributed by atoms with van der Waals surface area (Å²) >= 11 is 0. The van der Waals surface area contributed by atoms with Crippen LogP contribution in [0.2, 0.25) is 0 Å². The van der Waals surface area contributed by atoms with Crippen LogP contribution in [0.3, 0.4) is 0 Å². The lowest BCUT2D eigenvalue weighted by atomic mass is 10.2. The summed E-state index contributed by atoms with van der Waals surface area (Å²) in [4.78, 5) is 13.0. The molecule has 1 unspecified atom stereocenters. The lowest BCUT2D eigenvalue weighted by Crippen LogP contribution is -2.13. The number of nitrogens with one attached hydrogen (secondary N) is 3. The number of carbonyl (C=O) groups is 1. The minimum atomic E-state index is -0.643. The molecule has 0 aliphatic carbocycles. The Morgan fingerprint density at radius 3 is 2.18 bits per heavy atom. The maximum Gasteiger partial charge on any atom is 0.357 e. The number of H-pyrrole nitrogens is 3. The average molecular weight is 589 g/mol. The Bertz CT molecular complexity index is 2270. The number of rotatable bonds is 8. The highest BCUT2D eigenvalue weighted by Crippen LogP contribution is 2.24. The van der Waals surface area contributed by atoms with Gasteiger partial charge in [0.1, 0.15) is 18.1 Å². The normalized spacial score (nSPS) is 12.4. The van der Waals surface area contributed by atoms with Crippen LogP contribution in [0, 0.1) is 6.92 Å². The van der Waals surface area contributed by atoms with E-state index in [-0.39, 0.29) is 5.69 Å². The summed E-state index contributed by atoms with van der Waals surface area (Å²) in [7, 11) is 0. The quantitative estimate of drug-likeness (QED) is 0.222. The van der Waals surface area contributed by atoms with Crippen LogP contribution in [0.25, 0.3) is 39.7 Å². The maximum atomic E-state index is 13.0. The number of nitrogens with zero attached hydrogens (tertiary/aromatic N) is 9.